The summed E-state index contributed by atoms with van der Waals surface area (Å²) in [6.45, 7) is 5.58. The van der Waals surface area contributed by atoms with Crippen LogP contribution in [0.15, 0.2) is 24.3 Å². The Hall–Kier alpha value is -1.55. The van der Waals surface area contributed by atoms with Crippen LogP contribution in [-0.2, 0) is 4.79 Å². The lowest BCUT2D eigenvalue weighted by atomic mass is 9.80. The average molecular weight is 262 g/mol. The Morgan fingerprint density at radius 2 is 2.05 bits per heavy atom. The Morgan fingerprint density at radius 1 is 1.37 bits per heavy atom. The van der Waals surface area contributed by atoms with Gasteiger partial charge in [-0.15, -0.1) is 0 Å². The summed E-state index contributed by atoms with van der Waals surface area (Å²) >= 11 is 0. The zero-order chi connectivity index (χ0) is 13.9. The van der Waals surface area contributed by atoms with E-state index >= 15 is 0 Å². The van der Waals surface area contributed by atoms with Crippen LogP contribution in [0.3, 0.4) is 0 Å². The minimum atomic E-state index is -0.454. The number of amides is 1. The second-order valence-electron chi connectivity index (χ2n) is 4.96. The number of benzene rings is 1. The van der Waals surface area contributed by atoms with Crippen LogP contribution in [0.2, 0.25) is 0 Å². The lowest BCUT2D eigenvalue weighted by Crippen LogP contribution is -2.50. The number of fused-ring (bicyclic) bond motifs is 1. The fraction of sp³-hybridized carbons (Fsp3) is 0.533. The Bertz CT molecular complexity index is 447. The molecule has 2 rings (SSSR count). The van der Waals surface area contributed by atoms with Gasteiger partial charge in [-0.2, -0.15) is 0 Å². The Labute approximate surface area is 114 Å². The molecule has 0 aliphatic carbocycles. The lowest BCUT2D eigenvalue weighted by molar-refractivity contribution is -0.128. The Balaban J connectivity index is 2.35. The third-order valence-electron chi connectivity index (χ3n) is 4.17. The van der Waals surface area contributed by atoms with Crippen molar-refractivity contribution in [3.05, 3.63) is 24.3 Å². The fourth-order valence-electron chi connectivity index (χ4n) is 2.60. The summed E-state index contributed by atoms with van der Waals surface area (Å²) in [5.41, 5.74) is 6.28. The second-order valence-corrected chi connectivity index (χ2v) is 4.96. The molecule has 19 heavy (non-hydrogen) atoms. The average Bonchev–Trinajstić information content (AvgIpc) is 2.49. The SMILES string of the molecule is CCC(CC)(CN)C(=O)N1CCOc2ccccc21. The molecule has 0 atom stereocenters. The molecule has 0 saturated carbocycles. The van der Waals surface area contributed by atoms with E-state index in [1.54, 1.807) is 0 Å². The van der Waals surface area contributed by atoms with Crippen molar-refractivity contribution in [3.8, 4) is 5.75 Å². The van der Waals surface area contributed by atoms with E-state index in [2.05, 4.69) is 0 Å². The van der Waals surface area contributed by atoms with Crippen molar-refractivity contribution in [2.24, 2.45) is 11.1 Å². The summed E-state index contributed by atoms with van der Waals surface area (Å²) in [5.74, 6) is 0.899. The molecule has 0 fully saturated rings. The topological polar surface area (TPSA) is 55.6 Å². The monoisotopic (exact) mass is 262 g/mol. The molecule has 0 aromatic heterocycles. The molecule has 1 aromatic carbocycles. The smallest absolute Gasteiger partial charge is 0.234 e. The van der Waals surface area contributed by atoms with Gasteiger partial charge in [0.15, 0.2) is 0 Å². The third-order valence-corrected chi connectivity index (χ3v) is 4.17. The summed E-state index contributed by atoms with van der Waals surface area (Å²) in [6.07, 6.45) is 1.52. The van der Waals surface area contributed by atoms with E-state index in [4.69, 9.17) is 10.5 Å². The maximum Gasteiger partial charge on any atom is 0.234 e. The molecule has 1 aliphatic heterocycles. The molecular weight excluding hydrogens is 240 g/mol. The van der Waals surface area contributed by atoms with Crippen molar-refractivity contribution in [2.75, 3.05) is 24.6 Å². The highest BCUT2D eigenvalue weighted by Gasteiger charge is 2.38. The first-order valence-electron chi connectivity index (χ1n) is 6.92. The number of hydrogen-bond donors (Lipinski definition) is 1. The highest BCUT2D eigenvalue weighted by Crippen LogP contribution is 2.36. The molecule has 0 radical (unpaired) electrons. The maximum atomic E-state index is 12.9. The van der Waals surface area contributed by atoms with Crippen LogP contribution in [-0.4, -0.2) is 25.6 Å². The molecule has 0 bridgehead atoms. The first-order chi connectivity index (χ1) is 9.18. The van der Waals surface area contributed by atoms with Crippen molar-refractivity contribution in [1.29, 1.82) is 0 Å². The molecule has 2 N–H and O–H groups in total. The van der Waals surface area contributed by atoms with E-state index in [1.165, 1.54) is 0 Å². The molecule has 4 nitrogen and oxygen atoms in total. The highest BCUT2D eigenvalue weighted by atomic mass is 16.5. The van der Waals surface area contributed by atoms with Crippen LogP contribution in [0.25, 0.3) is 0 Å². The fourth-order valence-corrected chi connectivity index (χ4v) is 2.60. The van der Waals surface area contributed by atoms with E-state index in [9.17, 15) is 4.79 Å². The van der Waals surface area contributed by atoms with Gasteiger partial charge < -0.3 is 15.4 Å². The van der Waals surface area contributed by atoms with E-state index in [0.29, 0.717) is 19.7 Å². The number of anilines is 1. The summed E-state index contributed by atoms with van der Waals surface area (Å²) in [5, 5.41) is 0. The van der Waals surface area contributed by atoms with Gasteiger partial charge in [-0.25, -0.2) is 0 Å². The van der Waals surface area contributed by atoms with E-state index in [1.807, 2.05) is 43.0 Å². The van der Waals surface area contributed by atoms with Crippen LogP contribution >= 0.6 is 0 Å². The number of nitrogens with two attached hydrogens (primary N) is 1. The minimum Gasteiger partial charge on any atom is -0.490 e. The van der Waals surface area contributed by atoms with Gasteiger partial charge in [-0.05, 0) is 25.0 Å². The lowest BCUT2D eigenvalue weighted by Gasteiger charge is -2.37. The van der Waals surface area contributed by atoms with Crippen molar-refractivity contribution < 1.29 is 9.53 Å². The van der Waals surface area contributed by atoms with Crippen LogP contribution in [0.4, 0.5) is 5.69 Å². The largest absolute Gasteiger partial charge is 0.490 e. The second kappa shape index (κ2) is 5.61. The summed E-state index contributed by atoms with van der Waals surface area (Å²) < 4.78 is 5.59. The van der Waals surface area contributed by atoms with Crippen molar-refractivity contribution in [1.82, 2.24) is 0 Å². The van der Waals surface area contributed by atoms with Gasteiger partial charge in [0.05, 0.1) is 17.6 Å². The van der Waals surface area contributed by atoms with Gasteiger partial charge in [0.2, 0.25) is 5.91 Å². The van der Waals surface area contributed by atoms with Crippen LogP contribution in [0, 0.1) is 5.41 Å². The summed E-state index contributed by atoms with van der Waals surface area (Å²) in [4.78, 5) is 14.7. The molecule has 1 amide bonds. The number of rotatable bonds is 4. The van der Waals surface area contributed by atoms with Gasteiger partial charge in [-0.1, -0.05) is 26.0 Å². The molecule has 1 aromatic rings. The van der Waals surface area contributed by atoms with Gasteiger partial charge in [0, 0.05) is 6.54 Å². The van der Waals surface area contributed by atoms with Crippen molar-refractivity contribution in [2.45, 2.75) is 26.7 Å². The van der Waals surface area contributed by atoms with Gasteiger partial charge >= 0.3 is 0 Å². The quantitative estimate of drug-likeness (QED) is 0.904. The van der Waals surface area contributed by atoms with Crippen LogP contribution in [0.1, 0.15) is 26.7 Å². The highest BCUT2D eigenvalue weighted by molar-refractivity contribution is 5.99. The predicted octanol–water partition coefficient (Wildman–Crippen LogP) is 2.18. The van der Waals surface area contributed by atoms with E-state index in [-0.39, 0.29) is 5.91 Å². The van der Waals surface area contributed by atoms with Gasteiger partial charge in [0.25, 0.3) is 0 Å². The van der Waals surface area contributed by atoms with E-state index < -0.39 is 5.41 Å². The number of carbonyl (C=O) groups excluding carboxylic acids is 1. The van der Waals surface area contributed by atoms with Gasteiger partial charge in [0.1, 0.15) is 12.4 Å². The molecule has 0 saturated heterocycles. The number of ether oxygens (including phenoxy) is 1. The first-order valence-corrected chi connectivity index (χ1v) is 6.92. The molecule has 0 unspecified atom stereocenters. The standard InChI is InChI=1S/C15H22N2O2/c1-3-15(4-2,11-16)14(18)17-9-10-19-13-8-6-5-7-12(13)17/h5-8H,3-4,9-11,16H2,1-2H3. The number of carbonyl (C=O) groups is 1. The van der Waals surface area contributed by atoms with Crippen LogP contribution in [0.5, 0.6) is 5.75 Å². The number of hydrogen-bond acceptors (Lipinski definition) is 3. The number of para-hydroxylation sites is 2. The molecule has 1 heterocycles. The Morgan fingerprint density at radius 3 is 2.68 bits per heavy atom. The third kappa shape index (κ3) is 2.32. The Kier molecular flexibility index (Phi) is 4.10. The molecule has 4 heteroatoms. The number of nitrogens with zero attached hydrogens (tertiary/aromatic N) is 1. The van der Waals surface area contributed by atoms with Crippen molar-refractivity contribution >= 4 is 11.6 Å². The molecule has 0 spiro atoms. The first kappa shape index (κ1) is 13.9. The van der Waals surface area contributed by atoms with Crippen LogP contribution < -0.4 is 15.4 Å². The molecular formula is C15H22N2O2. The minimum absolute atomic E-state index is 0.121. The zero-order valence-electron chi connectivity index (χ0n) is 11.7. The summed E-state index contributed by atoms with van der Waals surface area (Å²) in [7, 11) is 0. The normalized spacial score (nSPS) is 14.8. The van der Waals surface area contributed by atoms with E-state index in [0.717, 1.165) is 24.3 Å². The summed E-state index contributed by atoms with van der Waals surface area (Å²) in [6, 6.07) is 7.67. The van der Waals surface area contributed by atoms with Gasteiger partial charge in [-0.3, -0.25) is 4.79 Å². The molecule has 1 aliphatic rings. The molecule has 104 valence electrons. The van der Waals surface area contributed by atoms with Crippen molar-refractivity contribution in [3.63, 3.8) is 0 Å². The maximum absolute atomic E-state index is 12.9. The predicted molar refractivity (Wildman–Crippen MR) is 76.4 cm³/mol. The zero-order valence-corrected chi connectivity index (χ0v) is 11.7.